The predicted octanol–water partition coefficient (Wildman–Crippen LogP) is -0.333. The van der Waals surface area contributed by atoms with Crippen molar-refractivity contribution >= 4 is 17.2 Å². The van der Waals surface area contributed by atoms with Crippen LogP contribution in [0.5, 0.6) is 0 Å². The highest BCUT2D eigenvalue weighted by Gasteiger charge is 2.06. The minimum absolute atomic E-state index is 0.359. The number of hydrogen-bond acceptors (Lipinski definition) is 4. The Kier molecular flexibility index (Phi) is 2.80. The molecule has 66 valence electrons. The molecule has 0 aromatic carbocycles. The van der Waals surface area contributed by atoms with Crippen LogP contribution in [0.4, 0.5) is 0 Å². The lowest BCUT2D eigenvalue weighted by molar-refractivity contribution is 0.100. The molecular weight excluding hydrogens is 176 g/mol. The Morgan fingerprint density at radius 2 is 2.42 bits per heavy atom. The third kappa shape index (κ3) is 2.30. The zero-order chi connectivity index (χ0) is 9.14. The van der Waals surface area contributed by atoms with E-state index in [9.17, 15) is 4.79 Å². The molecule has 0 saturated carbocycles. The standard InChI is InChI=1S/C7H10N2O2S/c8-6(10)2-5-1-4(3-12-5)7(9)11/h1,3,6,10H,2,8H2,(H2,9,11). The second kappa shape index (κ2) is 3.66. The quantitative estimate of drug-likeness (QED) is 0.564. The summed E-state index contributed by atoms with van der Waals surface area (Å²) in [7, 11) is 0. The van der Waals surface area contributed by atoms with Crippen LogP contribution >= 0.6 is 11.3 Å². The first kappa shape index (κ1) is 9.18. The van der Waals surface area contributed by atoms with Crippen molar-refractivity contribution in [2.75, 3.05) is 0 Å². The number of primary amides is 1. The number of hydrogen-bond donors (Lipinski definition) is 3. The van der Waals surface area contributed by atoms with E-state index in [0.717, 1.165) is 4.88 Å². The lowest BCUT2D eigenvalue weighted by Crippen LogP contribution is -2.20. The molecule has 1 heterocycles. The van der Waals surface area contributed by atoms with Crippen LogP contribution in [0.2, 0.25) is 0 Å². The molecule has 0 fully saturated rings. The third-order valence-electron chi connectivity index (χ3n) is 1.35. The van der Waals surface area contributed by atoms with Crippen LogP contribution in [0.25, 0.3) is 0 Å². The van der Waals surface area contributed by atoms with Crippen LogP contribution < -0.4 is 11.5 Å². The first-order valence-electron chi connectivity index (χ1n) is 3.40. The molecule has 1 aromatic heterocycles. The van der Waals surface area contributed by atoms with E-state index in [4.69, 9.17) is 16.6 Å². The van der Waals surface area contributed by atoms with Crippen molar-refractivity contribution in [1.82, 2.24) is 0 Å². The molecule has 1 amide bonds. The number of carbonyl (C=O) groups is 1. The van der Waals surface area contributed by atoms with Crippen molar-refractivity contribution in [3.8, 4) is 0 Å². The zero-order valence-corrected chi connectivity index (χ0v) is 7.17. The maximum absolute atomic E-state index is 10.6. The molecule has 12 heavy (non-hydrogen) atoms. The molecule has 0 saturated heterocycles. The van der Waals surface area contributed by atoms with E-state index in [1.807, 2.05) is 0 Å². The monoisotopic (exact) mass is 186 g/mol. The van der Waals surface area contributed by atoms with Gasteiger partial charge in [0.15, 0.2) is 0 Å². The number of aliphatic hydroxyl groups excluding tert-OH is 1. The Morgan fingerprint density at radius 1 is 1.75 bits per heavy atom. The largest absolute Gasteiger partial charge is 0.378 e. The topological polar surface area (TPSA) is 89.3 Å². The van der Waals surface area contributed by atoms with Crippen molar-refractivity contribution in [3.05, 3.63) is 21.9 Å². The van der Waals surface area contributed by atoms with Gasteiger partial charge in [-0.3, -0.25) is 4.79 Å². The molecule has 0 radical (unpaired) electrons. The fourth-order valence-electron chi connectivity index (χ4n) is 0.823. The number of amides is 1. The number of carbonyl (C=O) groups excluding carboxylic acids is 1. The van der Waals surface area contributed by atoms with Crippen molar-refractivity contribution in [2.45, 2.75) is 12.6 Å². The minimum Gasteiger partial charge on any atom is -0.378 e. The molecule has 5 N–H and O–H groups in total. The maximum Gasteiger partial charge on any atom is 0.249 e. The van der Waals surface area contributed by atoms with Crippen molar-refractivity contribution in [1.29, 1.82) is 0 Å². The molecular formula is C7H10N2O2S. The van der Waals surface area contributed by atoms with Crippen LogP contribution in [0.3, 0.4) is 0 Å². The summed E-state index contributed by atoms with van der Waals surface area (Å²) in [6.07, 6.45) is -0.512. The van der Waals surface area contributed by atoms with Crippen LogP contribution in [-0.4, -0.2) is 17.2 Å². The van der Waals surface area contributed by atoms with Crippen molar-refractivity contribution in [3.63, 3.8) is 0 Å². The van der Waals surface area contributed by atoms with E-state index in [-0.39, 0.29) is 0 Å². The van der Waals surface area contributed by atoms with E-state index < -0.39 is 12.1 Å². The molecule has 0 aliphatic rings. The number of rotatable bonds is 3. The van der Waals surface area contributed by atoms with Gasteiger partial charge in [-0.25, -0.2) is 0 Å². The summed E-state index contributed by atoms with van der Waals surface area (Å²) >= 11 is 1.37. The normalized spacial score (nSPS) is 12.8. The van der Waals surface area contributed by atoms with Crippen LogP contribution in [0, 0.1) is 0 Å². The van der Waals surface area contributed by atoms with Gasteiger partial charge >= 0.3 is 0 Å². The molecule has 0 aliphatic heterocycles. The van der Waals surface area contributed by atoms with E-state index in [2.05, 4.69) is 0 Å². The molecule has 0 spiro atoms. The fourth-order valence-corrected chi connectivity index (χ4v) is 1.75. The average Bonchev–Trinajstić information content (AvgIpc) is 2.34. The van der Waals surface area contributed by atoms with E-state index in [1.165, 1.54) is 11.3 Å². The minimum atomic E-state index is -0.871. The predicted molar refractivity (Wildman–Crippen MR) is 46.7 cm³/mol. The van der Waals surface area contributed by atoms with Gasteiger partial charge in [-0.05, 0) is 6.07 Å². The summed E-state index contributed by atoms with van der Waals surface area (Å²) < 4.78 is 0. The SMILES string of the molecule is NC(=O)c1csc(CC(N)O)c1. The van der Waals surface area contributed by atoms with Gasteiger partial charge in [0.2, 0.25) is 5.91 Å². The summed E-state index contributed by atoms with van der Waals surface area (Å²) in [4.78, 5) is 11.5. The highest BCUT2D eigenvalue weighted by molar-refractivity contribution is 7.10. The molecule has 1 atom stereocenters. The van der Waals surface area contributed by atoms with E-state index >= 15 is 0 Å². The first-order valence-corrected chi connectivity index (χ1v) is 4.28. The second-order valence-electron chi connectivity index (χ2n) is 2.44. The summed E-state index contributed by atoms with van der Waals surface area (Å²) in [5.41, 5.74) is 10.7. The fraction of sp³-hybridized carbons (Fsp3) is 0.286. The molecule has 1 aromatic rings. The Bertz CT molecular complexity index is 283. The Labute approximate surface area is 73.8 Å². The smallest absolute Gasteiger partial charge is 0.249 e. The summed E-state index contributed by atoms with van der Waals surface area (Å²) in [5, 5.41) is 10.5. The summed E-state index contributed by atoms with van der Waals surface area (Å²) in [5.74, 6) is -0.455. The van der Waals surface area contributed by atoms with Gasteiger partial charge in [-0.1, -0.05) is 0 Å². The van der Waals surface area contributed by atoms with Gasteiger partial charge in [0.25, 0.3) is 0 Å². The summed E-state index contributed by atoms with van der Waals surface area (Å²) in [6, 6.07) is 1.64. The van der Waals surface area contributed by atoms with Gasteiger partial charge in [-0.2, -0.15) is 0 Å². The molecule has 4 nitrogen and oxygen atoms in total. The molecule has 5 heteroatoms. The zero-order valence-electron chi connectivity index (χ0n) is 6.36. The highest BCUT2D eigenvalue weighted by Crippen LogP contribution is 2.15. The Morgan fingerprint density at radius 3 is 2.83 bits per heavy atom. The van der Waals surface area contributed by atoms with Gasteiger partial charge in [-0.15, -0.1) is 11.3 Å². The second-order valence-corrected chi connectivity index (χ2v) is 3.43. The molecule has 1 unspecified atom stereocenters. The van der Waals surface area contributed by atoms with Crippen molar-refractivity contribution < 1.29 is 9.90 Å². The number of aliphatic hydroxyl groups is 1. The molecule has 0 bridgehead atoms. The van der Waals surface area contributed by atoms with Gasteiger partial charge < -0.3 is 16.6 Å². The average molecular weight is 186 g/mol. The third-order valence-corrected chi connectivity index (χ3v) is 2.31. The van der Waals surface area contributed by atoms with Gasteiger partial charge in [0.1, 0.15) is 6.23 Å². The van der Waals surface area contributed by atoms with Gasteiger partial charge in [0, 0.05) is 16.7 Å². The van der Waals surface area contributed by atoms with Gasteiger partial charge in [0.05, 0.1) is 5.56 Å². The Hall–Kier alpha value is -0.910. The lowest BCUT2D eigenvalue weighted by atomic mass is 10.2. The number of thiophene rings is 1. The Balaban J connectivity index is 2.71. The van der Waals surface area contributed by atoms with E-state index in [0.29, 0.717) is 12.0 Å². The van der Waals surface area contributed by atoms with Crippen LogP contribution in [-0.2, 0) is 6.42 Å². The summed E-state index contributed by atoms with van der Waals surface area (Å²) in [6.45, 7) is 0. The first-order chi connectivity index (χ1) is 5.59. The number of nitrogens with two attached hydrogens (primary N) is 2. The molecule has 0 aliphatic carbocycles. The van der Waals surface area contributed by atoms with Crippen LogP contribution in [0.15, 0.2) is 11.4 Å². The molecule has 1 rings (SSSR count). The highest BCUT2D eigenvalue weighted by atomic mass is 32.1. The maximum atomic E-state index is 10.6. The van der Waals surface area contributed by atoms with Crippen LogP contribution in [0.1, 0.15) is 15.2 Å². The lowest BCUT2D eigenvalue weighted by Gasteiger charge is -1.98. The van der Waals surface area contributed by atoms with E-state index in [1.54, 1.807) is 11.4 Å². The van der Waals surface area contributed by atoms with Crippen molar-refractivity contribution in [2.24, 2.45) is 11.5 Å².